The van der Waals surface area contributed by atoms with E-state index in [0.29, 0.717) is 29.9 Å². The van der Waals surface area contributed by atoms with Crippen LogP contribution in [-0.2, 0) is 13.1 Å². The second-order valence-corrected chi connectivity index (χ2v) is 5.76. The number of benzene rings is 1. The van der Waals surface area contributed by atoms with E-state index in [1.807, 2.05) is 24.6 Å². The molecule has 25 heavy (non-hydrogen) atoms. The van der Waals surface area contributed by atoms with Crippen LogP contribution in [0.25, 0.3) is 11.1 Å². The highest BCUT2D eigenvalue weighted by molar-refractivity contribution is 5.91. The second kappa shape index (κ2) is 7.25. The zero-order valence-electron chi connectivity index (χ0n) is 14.2. The van der Waals surface area contributed by atoms with Gasteiger partial charge in [-0.1, -0.05) is 6.92 Å². The van der Waals surface area contributed by atoms with Gasteiger partial charge in [-0.15, -0.1) is 0 Å². The molecule has 8 heteroatoms. The number of hydrogen-bond acceptors (Lipinski definition) is 4. The Morgan fingerprint density at radius 1 is 1.36 bits per heavy atom. The van der Waals surface area contributed by atoms with Gasteiger partial charge in [0.2, 0.25) is 0 Å². The molecule has 3 aromatic rings. The third kappa shape index (κ3) is 3.73. The van der Waals surface area contributed by atoms with Crippen LogP contribution in [0.2, 0.25) is 0 Å². The number of amides is 2. The predicted molar refractivity (Wildman–Crippen MR) is 94.6 cm³/mol. The quantitative estimate of drug-likeness (QED) is 0.718. The minimum Gasteiger partial charge on any atom is -0.408 e. The molecule has 132 valence electrons. The van der Waals surface area contributed by atoms with Gasteiger partial charge in [-0.05, 0) is 25.5 Å². The first-order valence-electron chi connectivity index (χ1n) is 8.27. The van der Waals surface area contributed by atoms with Crippen LogP contribution in [-0.4, -0.2) is 26.2 Å². The molecule has 0 aliphatic rings. The first kappa shape index (κ1) is 16.8. The number of nitrogens with one attached hydrogen (secondary N) is 2. The first-order chi connectivity index (χ1) is 12.1. The molecule has 0 radical (unpaired) electrons. The highest BCUT2D eigenvalue weighted by Gasteiger charge is 2.13. The molecule has 0 fully saturated rings. The van der Waals surface area contributed by atoms with E-state index in [-0.39, 0.29) is 12.1 Å². The van der Waals surface area contributed by atoms with Gasteiger partial charge in [0.25, 0.3) is 0 Å². The molecule has 2 heterocycles. The molecule has 2 N–H and O–H groups in total. The van der Waals surface area contributed by atoms with Gasteiger partial charge in [0.05, 0.1) is 11.8 Å². The molecule has 0 aliphatic carbocycles. The van der Waals surface area contributed by atoms with Crippen molar-refractivity contribution in [1.29, 1.82) is 0 Å². The summed E-state index contributed by atoms with van der Waals surface area (Å²) in [5, 5.41) is 5.71. The van der Waals surface area contributed by atoms with Crippen molar-refractivity contribution in [1.82, 2.24) is 19.4 Å². The molecule has 2 amide bonds. The number of oxazole rings is 1. The fourth-order valence-electron chi connectivity index (χ4n) is 2.72. The van der Waals surface area contributed by atoms with Crippen LogP contribution < -0.4 is 16.4 Å². The normalized spacial score (nSPS) is 12.2. The maximum absolute atomic E-state index is 12.2. The number of hydrogen-bond donors (Lipinski definition) is 2. The number of fused-ring (bicyclic) bond motifs is 1. The van der Waals surface area contributed by atoms with E-state index in [1.165, 1.54) is 4.57 Å². The summed E-state index contributed by atoms with van der Waals surface area (Å²) < 4.78 is 8.67. The van der Waals surface area contributed by atoms with Gasteiger partial charge in [-0.25, -0.2) is 14.6 Å². The Balaban J connectivity index is 1.67. The van der Waals surface area contributed by atoms with E-state index in [9.17, 15) is 9.59 Å². The molecule has 0 saturated carbocycles. The number of imidazole rings is 1. The highest BCUT2D eigenvalue weighted by Crippen LogP contribution is 2.18. The largest absolute Gasteiger partial charge is 0.419 e. The van der Waals surface area contributed by atoms with Crippen molar-refractivity contribution in [3.63, 3.8) is 0 Å². The number of carbonyl (C=O) groups is 1. The predicted octanol–water partition coefficient (Wildman–Crippen LogP) is 2.41. The average Bonchev–Trinajstić information content (AvgIpc) is 3.20. The van der Waals surface area contributed by atoms with Crippen molar-refractivity contribution in [3.8, 4) is 0 Å². The minimum absolute atomic E-state index is 0.0166. The molecule has 2 aromatic heterocycles. The SMILES string of the molecule is CC[C@H](Cn1ccnc1)NC(=O)Nc1ccc2c(c1)oc(=O)n2CC. The summed E-state index contributed by atoms with van der Waals surface area (Å²) in [5.74, 6) is -0.398. The van der Waals surface area contributed by atoms with Crippen LogP contribution in [0.1, 0.15) is 20.3 Å². The number of aromatic nitrogens is 3. The Hall–Kier alpha value is -3.03. The Bertz CT molecular complexity index is 910. The Morgan fingerprint density at radius 2 is 2.20 bits per heavy atom. The smallest absolute Gasteiger partial charge is 0.408 e. The maximum Gasteiger partial charge on any atom is 0.419 e. The molecular weight excluding hydrogens is 322 g/mol. The van der Waals surface area contributed by atoms with Gasteiger partial charge < -0.3 is 19.6 Å². The van der Waals surface area contributed by atoms with E-state index in [4.69, 9.17) is 4.42 Å². The topological polar surface area (TPSA) is 94.1 Å². The number of anilines is 1. The molecular formula is C17H21N5O3. The van der Waals surface area contributed by atoms with Gasteiger partial charge in [-0.3, -0.25) is 4.57 Å². The van der Waals surface area contributed by atoms with Crippen LogP contribution >= 0.6 is 0 Å². The second-order valence-electron chi connectivity index (χ2n) is 5.76. The van der Waals surface area contributed by atoms with E-state index >= 15 is 0 Å². The number of aryl methyl sites for hydroxylation is 1. The van der Waals surface area contributed by atoms with Crippen molar-refractivity contribution in [2.75, 3.05) is 5.32 Å². The van der Waals surface area contributed by atoms with Crippen LogP contribution in [0.4, 0.5) is 10.5 Å². The number of urea groups is 1. The van der Waals surface area contributed by atoms with Crippen LogP contribution in [0.5, 0.6) is 0 Å². The van der Waals surface area contributed by atoms with Crippen LogP contribution in [0.15, 0.2) is 46.1 Å². The number of carbonyl (C=O) groups excluding carboxylic acids is 1. The summed E-state index contributed by atoms with van der Waals surface area (Å²) in [4.78, 5) is 28.0. The molecule has 0 spiro atoms. The van der Waals surface area contributed by atoms with Gasteiger partial charge >= 0.3 is 11.8 Å². The van der Waals surface area contributed by atoms with E-state index in [1.54, 1.807) is 30.7 Å². The zero-order valence-corrected chi connectivity index (χ0v) is 14.2. The lowest BCUT2D eigenvalue weighted by atomic mass is 10.2. The van der Waals surface area contributed by atoms with Crippen LogP contribution in [0, 0.1) is 0 Å². The van der Waals surface area contributed by atoms with Crippen molar-refractivity contribution in [2.24, 2.45) is 0 Å². The van der Waals surface area contributed by atoms with Crippen molar-refractivity contribution in [3.05, 3.63) is 47.5 Å². The highest BCUT2D eigenvalue weighted by atomic mass is 16.4. The van der Waals surface area contributed by atoms with Gasteiger partial charge in [-0.2, -0.15) is 0 Å². The molecule has 0 unspecified atom stereocenters. The van der Waals surface area contributed by atoms with E-state index < -0.39 is 5.76 Å². The monoisotopic (exact) mass is 343 g/mol. The summed E-state index contributed by atoms with van der Waals surface area (Å²) in [6, 6.07) is 4.85. The average molecular weight is 343 g/mol. The Morgan fingerprint density at radius 3 is 2.88 bits per heavy atom. The molecule has 1 aromatic carbocycles. The van der Waals surface area contributed by atoms with Gasteiger partial charge in [0.15, 0.2) is 5.58 Å². The fraction of sp³-hybridized carbons (Fsp3) is 0.353. The summed E-state index contributed by atoms with van der Waals surface area (Å²) in [6.07, 6.45) is 6.07. The lowest BCUT2D eigenvalue weighted by Crippen LogP contribution is -2.40. The fourth-order valence-corrected chi connectivity index (χ4v) is 2.72. The number of nitrogens with zero attached hydrogens (tertiary/aromatic N) is 3. The lowest BCUT2D eigenvalue weighted by molar-refractivity contribution is 0.246. The molecule has 3 rings (SSSR count). The summed E-state index contributed by atoms with van der Waals surface area (Å²) in [5.41, 5.74) is 1.74. The van der Waals surface area contributed by atoms with E-state index in [0.717, 1.165) is 6.42 Å². The minimum atomic E-state index is -0.398. The molecule has 8 nitrogen and oxygen atoms in total. The van der Waals surface area contributed by atoms with Crippen LogP contribution in [0.3, 0.4) is 0 Å². The third-order valence-electron chi connectivity index (χ3n) is 4.06. The Kier molecular flexibility index (Phi) is 4.87. The molecule has 1 atom stereocenters. The molecule has 0 bridgehead atoms. The number of rotatable bonds is 6. The van der Waals surface area contributed by atoms with Gasteiger partial charge in [0.1, 0.15) is 0 Å². The lowest BCUT2D eigenvalue weighted by Gasteiger charge is -2.18. The first-order valence-corrected chi connectivity index (χ1v) is 8.27. The maximum atomic E-state index is 12.2. The van der Waals surface area contributed by atoms with Gasteiger partial charge in [0, 0.05) is 43.3 Å². The zero-order chi connectivity index (χ0) is 17.8. The third-order valence-corrected chi connectivity index (χ3v) is 4.06. The molecule has 0 aliphatic heterocycles. The summed E-state index contributed by atoms with van der Waals surface area (Å²) in [6.45, 7) is 5.07. The Labute approximate surface area is 144 Å². The van der Waals surface area contributed by atoms with Crippen molar-refractivity contribution >= 4 is 22.8 Å². The van der Waals surface area contributed by atoms with Crippen molar-refractivity contribution < 1.29 is 9.21 Å². The summed E-state index contributed by atoms with van der Waals surface area (Å²) >= 11 is 0. The van der Waals surface area contributed by atoms with Crippen molar-refractivity contribution in [2.45, 2.75) is 39.4 Å². The standard InChI is InChI=1S/C17H21N5O3/c1-3-12(10-21-8-7-18-11-21)19-16(23)20-13-5-6-14-15(9-13)25-17(24)22(14)4-2/h5-9,11-12H,3-4,10H2,1-2H3,(H2,19,20,23)/t12-/m1/s1. The molecule has 0 saturated heterocycles. The summed E-state index contributed by atoms with van der Waals surface area (Å²) in [7, 11) is 0. The van der Waals surface area contributed by atoms with E-state index in [2.05, 4.69) is 15.6 Å².